The summed E-state index contributed by atoms with van der Waals surface area (Å²) in [4.78, 5) is 0.0793. The number of ether oxygens (including phenoxy) is 1. The lowest BCUT2D eigenvalue weighted by Gasteiger charge is -2.26. The third kappa shape index (κ3) is 3.57. The molecule has 0 fully saturated rings. The van der Waals surface area contributed by atoms with Gasteiger partial charge in [0.2, 0.25) is 6.29 Å². The number of halogens is 2. The summed E-state index contributed by atoms with van der Waals surface area (Å²) in [7, 11) is -3.91. The molecular formula is C16H14BrFO4S. The molecule has 1 aliphatic heterocycles. The molecule has 0 saturated heterocycles. The summed E-state index contributed by atoms with van der Waals surface area (Å²) < 4.78 is 49.1. The van der Waals surface area contributed by atoms with E-state index in [0.717, 1.165) is 5.56 Å². The molecule has 1 heterocycles. The average Bonchev–Trinajstić information content (AvgIpc) is 2.48. The molecule has 0 saturated carbocycles. The van der Waals surface area contributed by atoms with Crippen LogP contribution in [0.25, 0.3) is 0 Å². The Morgan fingerprint density at radius 3 is 2.65 bits per heavy atom. The molecule has 0 amide bonds. The van der Waals surface area contributed by atoms with E-state index in [1.54, 1.807) is 12.1 Å². The molecule has 0 bridgehead atoms. The van der Waals surface area contributed by atoms with Gasteiger partial charge in [0.25, 0.3) is 10.1 Å². The molecule has 0 aliphatic carbocycles. The van der Waals surface area contributed by atoms with Crippen molar-refractivity contribution in [3.8, 4) is 5.75 Å². The van der Waals surface area contributed by atoms with E-state index in [2.05, 4.69) is 15.9 Å². The van der Waals surface area contributed by atoms with Gasteiger partial charge in [-0.25, -0.2) is 8.57 Å². The highest BCUT2D eigenvalue weighted by Crippen LogP contribution is 2.36. The van der Waals surface area contributed by atoms with Crippen molar-refractivity contribution >= 4 is 26.0 Å². The smallest absolute Gasteiger partial charge is 0.300 e. The summed E-state index contributed by atoms with van der Waals surface area (Å²) in [6.45, 7) is 1.87. The fourth-order valence-electron chi connectivity index (χ4n) is 2.36. The minimum atomic E-state index is -3.91. The zero-order valence-electron chi connectivity index (χ0n) is 12.3. The molecule has 0 aromatic heterocycles. The van der Waals surface area contributed by atoms with Crippen molar-refractivity contribution in [2.45, 2.75) is 31.0 Å². The van der Waals surface area contributed by atoms with Crippen molar-refractivity contribution < 1.29 is 21.7 Å². The third-order valence-corrected chi connectivity index (χ3v) is 5.43. The first-order chi connectivity index (χ1) is 10.8. The molecule has 3 rings (SSSR count). The fraction of sp³-hybridized carbons (Fsp3) is 0.250. The monoisotopic (exact) mass is 400 g/mol. The maximum Gasteiger partial charge on any atom is 0.300 e. The number of hydrogen-bond acceptors (Lipinski definition) is 4. The lowest BCUT2D eigenvalue weighted by Crippen LogP contribution is -2.28. The molecule has 2 aromatic carbocycles. The van der Waals surface area contributed by atoms with Crippen molar-refractivity contribution in [2.75, 3.05) is 0 Å². The Balaban J connectivity index is 1.80. The number of rotatable bonds is 3. The first-order valence-corrected chi connectivity index (χ1v) is 9.20. The summed E-state index contributed by atoms with van der Waals surface area (Å²) in [6.07, 6.45) is -0.135. The van der Waals surface area contributed by atoms with E-state index in [0.29, 0.717) is 28.6 Å². The largest absolute Gasteiger partial charge is 0.462 e. The zero-order valence-corrected chi connectivity index (χ0v) is 14.7. The Bertz CT molecular complexity index is 834. The second-order valence-electron chi connectivity index (χ2n) is 5.33. The number of fused-ring (bicyclic) bond motifs is 1. The van der Waals surface area contributed by atoms with Crippen molar-refractivity contribution in [1.29, 1.82) is 0 Å². The summed E-state index contributed by atoms with van der Waals surface area (Å²) in [5, 5.41) is 0. The standard InChI is InChI=1S/C16H14BrFO4S/c1-10-2-5-13(6-3-10)23(19,20)22-15-7-4-11-8-12(18)9-14(17)16(11)21-15/h2-3,5-6,8-9,15H,4,7H2,1H3/t15-/m1/s1. The van der Waals surface area contributed by atoms with Crippen LogP contribution in [0.4, 0.5) is 4.39 Å². The fourth-order valence-corrected chi connectivity index (χ4v) is 3.93. The zero-order chi connectivity index (χ0) is 16.6. The predicted octanol–water partition coefficient (Wildman–Crippen LogP) is 3.95. The molecule has 4 nitrogen and oxygen atoms in total. The quantitative estimate of drug-likeness (QED) is 0.731. The molecular weight excluding hydrogens is 387 g/mol. The van der Waals surface area contributed by atoms with Gasteiger partial charge >= 0.3 is 0 Å². The minimum Gasteiger partial charge on any atom is -0.462 e. The van der Waals surface area contributed by atoms with Gasteiger partial charge in [0, 0.05) is 6.42 Å². The number of aryl methyl sites for hydroxylation is 2. The molecule has 1 atom stereocenters. The van der Waals surface area contributed by atoms with Gasteiger partial charge in [-0.05, 0) is 59.1 Å². The Labute approximate surface area is 142 Å². The highest BCUT2D eigenvalue weighted by Gasteiger charge is 2.28. The van der Waals surface area contributed by atoms with Gasteiger partial charge in [0.1, 0.15) is 11.6 Å². The topological polar surface area (TPSA) is 52.6 Å². The van der Waals surface area contributed by atoms with Crippen LogP contribution in [0.5, 0.6) is 5.75 Å². The first-order valence-electron chi connectivity index (χ1n) is 7.00. The van der Waals surface area contributed by atoms with E-state index in [-0.39, 0.29) is 10.7 Å². The van der Waals surface area contributed by atoms with Crippen LogP contribution in [0.15, 0.2) is 45.8 Å². The van der Waals surface area contributed by atoms with Crippen LogP contribution in [0.3, 0.4) is 0 Å². The van der Waals surface area contributed by atoms with Crippen molar-refractivity contribution in [2.24, 2.45) is 0 Å². The second kappa shape index (κ2) is 6.22. The van der Waals surface area contributed by atoms with E-state index in [4.69, 9.17) is 8.92 Å². The van der Waals surface area contributed by atoms with Gasteiger partial charge in [0.05, 0.1) is 9.37 Å². The lowest BCUT2D eigenvalue weighted by atomic mass is 10.1. The maximum absolute atomic E-state index is 13.4. The molecule has 1 aliphatic rings. The van der Waals surface area contributed by atoms with Gasteiger partial charge in [-0.2, -0.15) is 8.42 Å². The van der Waals surface area contributed by atoms with E-state index in [1.165, 1.54) is 24.3 Å². The van der Waals surface area contributed by atoms with Gasteiger partial charge in [-0.3, -0.25) is 0 Å². The van der Waals surface area contributed by atoms with Crippen LogP contribution in [-0.2, 0) is 20.7 Å². The molecule has 0 spiro atoms. The highest BCUT2D eigenvalue weighted by atomic mass is 79.9. The molecule has 2 aromatic rings. The van der Waals surface area contributed by atoms with E-state index in [1.807, 2.05) is 6.92 Å². The van der Waals surface area contributed by atoms with Gasteiger partial charge < -0.3 is 4.74 Å². The Hall–Kier alpha value is -1.44. The Morgan fingerprint density at radius 2 is 1.96 bits per heavy atom. The van der Waals surface area contributed by atoms with Gasteiger partial charge in [-0.1, -0.05) is 17.7 Å². The first kappa shape index (κ1) is 16.4. The Kier molecular flexibility index (Phi) is 4.44. The molecule has 122 valence electrons. The van der Waals surface area contributed by atoms with Crippen molar-refractivity contribution in [3.63, 3.8) is 0 Å². The molecule has 23 heavy (non-hydrogen) atoms. The number of hydrogen-bond donors (Lipinski definition) is 0. The second-order valence-corrected chi connectivity index (χ2v) is 7.75. The summed E-state index contributed by atoms with van der Waals surface area (Å²) in [5.74, 6) is 0.0487. The molecule has 0 radical (unpaired) electrons. The summed E-state index contributed by atoms with van der Waals surface area (Å²) in [5.41, 5.74) is 1.64. The van der Waals surface area contributed by atoms with Gasteiger partial charge in [-0.15, -0.1) is 0 Å². The van der Waals surface area contributed by atoms with Crippen LogP contribution in [0.2, 0.25) is 0 Å². The van der Waals surface area contributed by atoms with Crippen LogP contribution in [0.1, 0.15) is 17.5 Å². The van der Waals surface area contributed by atoms with Crippen molar-refractivity contribution in [1.82, 2.24) is 0 Å². The van der Waals surface area contributed by atoms with E-state index in [9.17, 15) is 12.8 Å². The predicted molar refractivity (Wildman–Crippen MR) is 86.3 cm³/mol. The molecule has 0 N–H and O–H groups in total. The van der Waals surface area contributed by atoms with Crippen LogP contribution in [-0.4, -0.2) is 14.7 Å². The molecule has 0 unspecified atom stereocenters. The lowest BCUT2D eigenvalue weighted by molar-refractivity contribution is -0.00523. The van der Waals surface area contributed by atoms with Crippen LogP contribution < -0.4 is 4.74 Å². The van der Waals surface area contributed by atoms with Crippen LogP contribution in [0, 0.1) is 12.7 Å². The summed E-state index contributed by atoms with van der Waals surface area (Å²) in [6, 6.07) is 9.04. The average molecular weight is 401 g/mol. The highest BCUT2D eigenvalue weighted by molar-refractivity contribution is 9.10. The van der Waals surface area contributed by atoms with E-state index < -0.39 is 16.4 Å². The SMILES string of the molecule is Cc1ccc(S(=O)(=O)O[C@@H]2CCc3cc(F)cc(Br)c3O2)cc1. The number of benzene rings is 2. The van der Waals surface area contributed by atoms with Crippen molar-refractivity contribution in [3.05, 3.63) is 57.8 Å². The normalized spacial score (nSPS) is 17.4. The van der Waals surface area contributed by atoms with Crippen LogP contribution >= 0.6 is 15.9 Å². The maximum atomic E-state index is 13.4. The Morgan fingerprint density at radius 1 is 1.26 bits per heavy atom. The van der Waals surface area contributed by atoms with E-state index >= 15 is 0 Å². The third-order valence-electron chi connectivity index (χ3n) is 3.53. The minimum absolute atomic E-state index is 0.0793. The summed E-state index contributed by atoms with van der Waals surface area (Å²) >= 11 is 3.22. The van der Waals surface area contributed by atoms with Gasteiger partial charge in [0.15, 0.2) is 0 Å². The molecule has 7 heteroatoms.